The average Bonchev–Trinajstić information content (AvgIpc) is 2.87. The van der Waals surface area contributed by atoms with E-state index in [2.05, 4.69) is 23.5 Å². The molecular formula is C13H23N3O2. The van der Waals surface area contributed by atoms with Crippen LogP contribution in [0, 0.1) is 0 Å². The molecule has 0 bridgehead atoms. The van der Waals surface area contributed by atoms with E-state index < -0.39 is 5.79 Å². The van der Waals surface area contributed by atoms with E-state index in [1.54, 1.807) is 0 Å². The quantitative estimate of drug-likeness (QED) is 0.835. The van der Waals surface area contributed by atoms with Gasteiger partial charge in [-0.3, -0.25) is 4.68 Å². The molecule has 1 unspecified atom stereocenters. The van der Waals surface area contributed by atoms with Gasteiger partial charge in [0.1, 0.15) is 0 Å². The zero-order valence-corrected chi connectivity index (χ0v) is 11.5. The molecule has 0 saturated carbocycles. The first-order valence-electron chi connectivity index (χ1n) is 6.63. The molecule has 1 aliphatic heterocycles. The van der Waals surface area contributed by atoms with Gasteiger partial charge < -0.3 is 14.8 Å². The first-order chi connectivity index (χ1) is 8.59. The Bertz CT molecular complexity index is 376. The molecular weight excluding hydrogens is 230 g/mol. The van der Waals surface area contributed by atoms with Gasteiger partial charge in [0.15, 0.2) is 5.79 Å². The van der Waals surface area contributed by atoms with Crippen LogP contribution in [-0.4, -0.2) is 34.8 Å². The lowest BCUT2D eigenvalue weighted by molar-refractivity contribution is -0.137. The van der Waals surface area contributed by atoms with E-state index in [1.165, 1.54) is 5.56 Å². The highest BCUT2D eigenvalue weighted by Gasteiger charge is 2.32. The zero-order valence-electron chi connectivity index (χ0n) is 11.5. The maximum atomic E-state index is 5.72. The number of nitrogens with zero attached hydrogens (tertiary/aromatic N) is 2. The average molecular weight is 253 g/mol. The minimum atomic E-state index is -0.432. The molecule has 2 rings (SSSR count). The highest BCUT2D eigenvalue weighted by Crippen LogP contribution is 2.21. The van der Waals surface area contributed by atoms with Crippen molar-refractivity contribution < 1.29 is 9.47 Å². The van der Waals surface area contributed by atoms with Crippen molar-refractivity contribution in [3.63, 3.8) is 0 Å². The summed E-state index contributed by atoms with van der Waals surface area (Å²) in [5.41, 5.74) is 1.21. The third-order valence-electron chi connectivity index (χ3n) is 2.91. The summed E-state index contributed by atoms with van der Waals surface area (Å²) in [6.07, 6.45) is 5.26. The first-order valence-corrected chi connectivity index (χ1v) is 6.63. The molecule has 1 saturated heterocycles. The normalized spacial score (nSPS) is 22.5. The van der Waals surface area contributed by atoms with E-state index in [0.717, 1.165) is 26.1 Å². The molecule has 0 radical (unpaired) electrons. The molecule has 1 atom stereocenters. The number of nitrogens with one attached hydrogen (secondary N) is 1. The fraction of sp³-hybridized carbons (Fsp3) is 0.769. The molecule has 1 aromatic rings. The van der Waals surface area contributed by atoms with Crippen LogP contribution in [-0.2, 0) is 22.6 Å². The summed E-state index contributed by atoms with van der Waals surface area (Å²) in [5.74, 6) is -0.432. The van der Waals surface area contributed by atoms with Crippen molar-refractivity contribution in [1.82, 2.24) is 15.1 Å². The summed E-state index contributed by atoms with van der Waals surface area (Å²) in [5, 5.41) is 7.68. The second kappa shape index (κ2) is 5.82. The van der Waals surface area contributed by atoms with E-state index >= 15 is 0 Å². The number of aromatic nitrogens is 2. The largest absolute Gasteiger partial charge is 0.348 e. The number of hydrogen-bond acceptors (Lipinski definition) is 4. The van der Waals surface area contributed by atoms with Crippen LogP contribution in [0.2, 0.25) is 0 Å². The van der Waals surface area contributed by atoms with Gasteiger partial charge in [-0.15, -0.1) is 0 Å². The van der Waals surface area contributed by atoms with Crippen molar-refractivity contribution in [2.45, 2.75) is 52.2 Å². The molecule has 1 N–H and O–H groups in total. The Morgan fingerprint density at radius 3 is 3.06 bits per heavy atom. The molecule has 5 heteroatoms. The third-order valence-corrected chi connectivity index (χ3v) is 2.91. The van der Waals surface area contributed by atoms with Gasteiger partial charge in [-0.25, -0.2) is 0 Å². The van der Waals surface area contributed by atoms with Crippen LogP contribution < -0.4 is 5.32 Å². The van der Waals surface area contributed by atoms with Gasteiger partial charge in [-0.2, -0.15) is 5.10 Å². The highest BCUT2D eigenvalue weighted by molar-refractivity contribution is 5.03. The van der Waals surface area contributed by atoms with Crippen LogP contribution in [0.4, 0.5) is 0 Å². The summed E-state index contributed by atoms with van der Waals surface area (Å²) in [6.45, 7) is 9.32. The minimum Gasteiger partial charge on any atom is -0.348 e. The van der Waals surface area contributed by atoms with Gasteiger partial charge in [-0.05, 0) is 20.3 Å². The molecule has 18 heavy (non-hydrogen) atoms. The van der Waals surface area contributed by atoms with Gasteiger partial charge in [0.05, 0.1) is 18.9 Å². The van der Waals surface area contributed by atoms with E-state index in [9.17, 15) is 0 Å². The molecule has 2 heterocycles. The maximum absolute atomic E-state index is 5.72. The minimum absolute atomic E-state index is 0.144. The summed E-state index contributed by atoms with van der Waals surface area (Å²) in [7, 11) is 0. The molecule has 0 spiro atoms. The molecule has 0 aliphatic carbocycles. The van der Waals surface area contributed by atoms with Crippen LogP contribution in [0.25, 0.3) is 0 Å². The Morgan fingerprint density at radius 2 is 2.39 bits per heavy atom. The predicted octanol–water partition coefficient (Wildman–Crippen LogP) is 1.53. The number of aryl methyl sites for hydroxylation is 1. The first kappa shape index (κ1) is 13.5. The lowest BCUT2D eigenvalue weighted by Crippen LogP contribution is -2.30. The summed E-state index contributed by atoms with van der Waals surface area (Å²) in [6, 6.07) is 0. The fourth-order valence-electron chi connectivity index (χ4n) is 2.09. The summed E-state index contributed by atoms with van der Waals surface area (Å²) >= 11 is 0. The number of ether oxygens (including phenoxy) is 2. The molecule has 0 amide bonds. The summed E-state index contributed by atoms with van der Waals surface area (Å²) in [4.78, 5) is 0. The Hall–Kier alpha value is -0.910. The van der Waals surface area contributed by atoms with Crippen molar-refractivity contribution in [2.24, 2.45) is 0 Å². The highest BCUT2D eigenvalue weighted by atomic mass is 16.7. The van der Waals surface area contributed by atoms with Crippen LogP contribution in [0.5, 0.6) is 0 Å². The molecule has 1 aliphatic rings. The van der Waals surface area contributed by atoms with E-state index in [-0.39, 0.29) is 6.10 Å². The Morgan fingerprint density at radius 1 is 1.56 bits per heavy atom. The lowest BCUT2D eigenvalue weighted by atomic mass is 10.3. The second-order valence-electron chi connectivity index (χ2n) is 5.19. The van der Waals surface area contributed by atoms with Crippen molar-refractivity contribution in [2.75, 3.05) is 13.2 Å². The van der Waals surface area contributed by atoms with Crippen LogP contribution >= 0.6 is 0 Å². The molecule has 5 nitrogen and oxygen atoms in total. The number of rotatable bonds is 6. The lowest BCUT2D eigenvalue weighted by Gasteiger charge is -2.17. The van der Waals surface area contributed by atoms with E-state index in [0.29, 0.717) is 6.61 Å². The number of hydrogen-bond donors (Lipinski definition) is 1. The predicted molar refractivity (Wildman–Crippen MR) is 69.1 cm³/mol. The van der Waals surface area contributed by atoms with Crippen molar-refractivity contribution >= 4 is 0 Å². The van der Waals surface area contributed by atoms with Crippen LogP contribution in [0.1, 0.15) is 32.8 Å². The monoisotopic (exact) mass is 253 g/mol. The Kier molecular flexibility index (Phi) is 4.37. The molecule has 1 aromatic heterocycles. The smallest absolute Gasteiger partial charge is 0.163 e. The van der Waals surface area contributed by atoms with E-state index in [4.69, 9.17) is 9.47 Å². The van der Waals surface area contributed by atoms with Crippen molar-refractivity contribution in [1.29, 1.82) is 0 Å². The molecule has 1 fully saturated rings. The molecule has 0 aromatic carbocycles. The maximum Gasteiger partial charge on any atom is 0.163 e. The van der Waals surface area contributed by atoms with E-state index in [1.807, 2.05) is 24.7 Å². The van der Waals surface area contributed by atoms with Gasteiger partial charge in [0, 0.05) is 31.4 Å². The standard InChI is InChI=1S/C13H23N3O2/c1-4-5-16-9-11(7-15-16)6-14-8-12-10-17-13(2,3)18-12/h7,9,12,14H,4-6,8,10H2,1-3H3. The van der Waals surface area contributed by atoms with Crippen molar-refractivity contribution in [3.05, 3.63) is 18.0 Å². The zero-order chi connectivity index (χ0) is 13.0. The second-order valence-corrected chi connectivity index (χ2v) is 5.19. The van der Waals surface area contributed by atoms with Gasteiger partial charge in [0.25, 0.3) is 0 Å². The van der Waals surface area contributed by atoms with Gasteiger partial charge in [-0.1, -0.05) is 6.92 Å². The topological polar surface area (TPSA) is 48.3 Å². The fourth-order valence-corrected chi connectivity index (χ4v) is 2.09. The van der Waals surface area contributed by atoms with Crippen LogP contribution in [0.3, 0.4) is 0 Å². The van der Waals surface area contributed by atoms with Gasteiger partial charge in [0.2, 0.25) is 0 Å². The summed E-state index contributed by atoms with van der Waals surface area (Å²) < 4.78 is 13.2. The third kappa shape index (κ3) is 3.80. The Balaban J connectivity index is 1.69. The SMILES string of the molecule is CCCn1cc(CNCC2COC(C)(C)O2)cn1. The van der Waals surface area contributed by atoms with Crippen LogP contribution in [0.15, 0.2) is 12.4 Å². The van der Waals surface area contributed by atoms with Gasteiger partial charge >= 0.3 is 0 Å². The molecule has 102 valence electrons. The van der Waals surface area contributed by atoms with Crippen molar-refractivity contribution in [3.8, 4) is 0 Å². The Labute approximate surface area is 108 Å².